The molecule has 13 heteroatoms. The van der Waals surface area contributed by atoms with Gasteiger partial charge in [0.05, 0.1) is 34.9 Å². The van der Waals surface area contributed by atoms with Gasteiger partial charge in [-0.3, -0.25) is 19.5 Å². The Morgan fingerprint density at radius 1 is 1.14 bits per heavy atom. The molecule has 0 spiro atoms. The number of halogens is 2. The van der Waals surface area contributed by atoms with E-state index in [2.05, 4.69) is 20.9 Å². The van der Waals surface area contributed by atoms with E-state index >= 15 is 0 Å². The van der Waals surface area contributed by atoms with Gasteiger partial charge in [-0.25, -0.2) is 9.79 Å². The number of aromatic nitrogens is 1. The van der Waals surface area contributed by atoms with Crippen molar-refractivity contribution in [3.63, 3.8) is 0 Å². The summed E-state index contributed by atoms with van der Waals surface area (Å²) in [5, 5.41) is 11.4. The van der Waals surface area contributed by atoms with E-state index < -0.39 is 16.9 Å². The molecule has 43 heavy (non-hydrogen) atoms. The largest absolute Gasteiger partial charge is 0.496 e. The zero-order valence-corrected chi connectivity index (χ0v) is 26.2. The summed E-state index contributed by atoms with van der Waals surface area (Å²) in [7, 11) is 2.77. The first kappa shape index (κ1) is 30.2. The highest BCUT2D eigenvalue weighted by Crippen LogP contribution is 2.37. The molecule has 2 heterocycles. The summed E-state index contributed by atoms with van der Waals surface area (Å²) < 4.78 is 19.3. The van der Waals surface area contributed by atoms with Gasteiger partial charge in [0.15, 0.2) is 4.80 Å². The van der Waals surface area contributed by atoms with Crippen molar-refractivity contribution in [2.24, 2.45) is 4.99 Å². The molecule has 4 aromatic rings. The van der Waals surface area contributed by atoms with Gasteiger partial charge < -0.3 is 14.2 Å². The number of non-ortho nitro benzene ring substituents is 1. The molecule has 1 aliphatic heterocycles. The Morgan fingerprint density at radius 2 is 1.86 bits per heavy atom. The van der Waals surface area contributed by atoms with Crippen LogP contribution in [0.1, 0.15) is 29.7 Å². The highest BCUT2D eigenvalue weighted by atomic mass is 79.9. The lowest BCUT2D eigenvalue weighted by atomic mass is 9.95. The molecular weight excluding hydrogens is 662 g/mol. The van der Waals surface area contributed by atoms with Crippen LogP contribution in [0.5, 0.6) is 11.5 Å². The van der Waals surface area contributed by atoms with Crippen molar-refractivity contribution in [1.82, 2.24) is 4.57 Å². The van der Waals surface area contributed by atoms with Crippen molar-refractivity contribution in [3.05, 3.63) is 128 Å². The summed E-state index contributed by atoms with van der Waals surface area (Å²) >= 11 is 11.0. The number of nitro benzene ring substituents is 1. The summed E-state index contributed by atoms with van der Waals surface area (Å²) in [6, 6.07) is 15.5. The van der Waals surface area contributed by atoms with Crippen LogP contribution in [-0.2, 0) is 16.1 Å². The monoisotopic (exact) mass is 683 g/mol. The van der Waals surface area contributed by atoms with Gasteiger partial charge >= 0.3 is 5.97 Å². The molecule has 3 aromatic carbocycles. The summed E-state index contributed by atoms with van der Waals surface area (Å²) in [6.45, 7) is 1.84. The standard InChI is InChI=1S/C30H23BrClN3O7S/c1-16-26(29(37)41-3)27(22-14-20(32)7-11-24(22)40-2)34-28(36)25(43-30(34)33-16)13-18-12-19(31)6-10-23(18)42-15-17-4-8-21(9-5-17)35(38)39/h4-14,27H,15H2,1-3H3/b25-13-/t27-/m0/s1. The second-order valence-corrected chi connectivity index (χ2v) is 11.7. The summed E-state index contributed by atoms with van der Waals surface area (Å²) in [4.78, 5) is 42.5. The van der Waals surface area contributed by atoms with Crippen molar-refractivity contribution >= 4 is 56.6 Å². The minimum Gasteiger partial charge on any atom is -0.496 e. The van der Waals surface area contributed by atoms with Crippen LogP contribution < -0.4 is 24.4 Å². The van der Waals surface area contributed by atoms with Crippen molar-refractivity contribution < 1.29 is 23.9 Å². The van der Waals surface area contributed by atoms with Crippen LogP contribution in [0.3, 0.4) is 0 Å². The molecular formula is C30H23BrClN3O7S. The van der Waals surface area contributed by atoms with E-state index in [0.29, 0.717) is 42.7 Å². The number of methoxy groups -OCH3 is 2. The predicted octanol–water partition coefficient (Wildman–Crippen LogP) is 5.32. The third kappa shape index (κ3) is 6.12. The Hall–Kier alpha value is -4.26. The maximum Gasteiger partial charge on any atom is 0.338 e. The highest BCUT2D eigenvalue weighted by Gasteiger charge is 2.35. The maximum absolute atomic E-state index is 14.0. The second-order valence-electron chi connectivity index (χ2n) is 9.35. The number of carbonyl (C=O) groups is 1. The number of fused-ring (bicyclic) bond motifs is 1. The van der Waals surface area contributed by atoms with Crippen LogP contribution in [-0.4, -0.2) is 29.7 Å². The van der Waals surface area contributed by atoms with Gasteiger partial charge in [-0.05, 0) is 67.1 Å². The Bertz CT molecular complexity index is 1970. The zero-order valence-electron chi connectivity index (χ0n) is 23.0. The van der Waals surface area contributed by atoms with Crippen LogP contribution in [0.2, 0.25) is 5.02 Å². The maximum atomic E-state index is 14.0. The minimum atomic E-state index is -0.903. The van der Waals surface area contributed by atoms with E-state index in [1.54, 1.807) is 49.4 Å². The first-order valence-electron chi connectivity index (χ1n) is 12.7. The number of benzene rings is 3. The van der Waals surface area contributed by atoms with E-state index in [1.807, 2.05) is 12.1 Å². The quantitative estimate of drug-likeness (QED) is 0.140. The van der Waals surface area contributed by atoms with Crippen LogP contribution in [0, 0.1) is 10.1 Å². The lowest BCUT2D eigenvalue weighted by Gasteiger charge is -2.25. The number of carbonyl (C=O) groups excluding carboxylic acids is 1. The molecule has 0 N–H and O–H groups in total. The van der Waals surface area contributed by atoms with Crippen LogP contribution >= 0.6 is 38.9 Å². The molecule has 1 atom stereocenters. The molecule has 0 radical (unpaired) electrons. The number of ether oxygens (including phenoxy) is 3. The van der Waals surface area contributed by atoms with Gasteiger partial charge in [0, 0.05) is 32.8 Å². The van der Waals surface area contributed by atoms with E-state index in [9.17, 15) is 19.7 Å². The molecule has 1 aromatic heterocycles. The lowest BCUT2D eigenvalue weighted by Crippen LogP contribution is -2.40. The molecule has 1 aliphatic rings. The Labute approximate surface area is 262 Å². The Morgan fingerprint density at radius 3 is 2.53 bits per heavy atom. The van der Waals surface area contributed by atoms with Crippen molar-refractivity contribution in [3.8, 4) is 11.5 Å². The third-order valence-corrected chi connectivity index (χ3v) is 8.42. The molecule has 0 saturated carbocycles. The Balaban J connectivity index is 1.62. The number of esters is 1. The lowest BCUT2D eigenvalue weighted by molar-refractivity contribution is -0.384. The first-order chi connectivity index (χ1) is 20.6. The SMILES string of the molecule is COC(=O)C1=C(C)N=c2s/c(=C\c3cc(Br)ccc3OCc3ccc([N+](=O)[O-])cc3)c(=O)n2[C@H]1c1cc(Cl)ccc1OC. The number of rotatable bonds is 8. The summed E-state index contributed by atoms with van der Waals surface area (Å²) in [5.41, 5.74) is 2.06. The topological polar surface area (TPSA) is 122 Å². The molecule has 0 unspecified atom stereocenters. The number of allylic oxidation sites excluding steroid dienone is 1. The molecule has 5 rings (SSSR count). The van der Waals surface area contributed by atoms with Gasteiger partial charge in [-0.15, -0.1) is 0 Å². The zero-order chi connectivity index (χ0) is 30.8. The van der Waals surface area contributed by atoms with E-state index in [4.69, 9.17) is 25.8 Å². The highest BCUT2D eigenvalue weighted by molar-refractivity contribution is 9.10. The van der Waals surface area contributed by atoms with Crippen LogP contribution in [0.15, 0.2) is 86.2 Å². The van der Waals surface area contributed by atoms with E-state index in [-0.39, 0.29) is 23.4 Å². The average molecular weight is 685 g/mol. The van der Waals surface area contributed by atoms with Crippen LogP contribution in [0.4, 0.5) is 5.69 Å². The number of hydrogen-bond acceptors (Lipinski definition) is 9. The van der Waals surface area contributed by atoms with Gasteiger partial charge in [0.1, 0.15) is 24.1 Å². The molecule has 0 fully saturated rings. The van der Waals surface area contributed by atoms with E-state index in [1.165, 1.54) is 30.9 Å². The van der Waals surface area contributed by atoms with Crippen molar-refractivity contribution in [2.45, 2.75) is 19.6 Å². The summed E-state index contributed by atoms with van der Waals surface area (Å²) in [6.07, 6.45) is 1.70. The molecule has 0 aliphatic carbocycles. The molecule has 0 bridgehead atoms. The van der Waals surface area contributed by atoms with Gasteiger partial charge in [-0.1, -0.05) is 38.9 Å². The third-order valence-electron chi connectivity index (χ3n) is 6.71. The normalized spacial score (nSPS) is 14.6. The molecule has 0 amide bonds. The second kappa shape index (κ2) is 12.5. The number of nitrogens with zero attached hydrogens (tertiary/aromatic N) is 3. The predicted molar refractivity (Wildman–Crippen MR) is 165 cm³/mol. The fraction of sp³-hybridized carbons (Fsp3) is 0.167. The van der Waals surface area contributed by atoms with Gasteiger partial charge in [0.25, 0.3) is 11.2 Å². The number of thiazole rings is 1. The first-order valence-corrected chi connectivity index (χ1v) is 14.7. The fourth-order valence-corrected chi connectivity index (χ4v) is 6.28. The van der Waals surface area contributed by atoms with Crippen molar-refractivity contribution in [2.75, 3.05) is 14.2 Å². The van der Waals surface area contributed by atoms with Crippen LogP contribution in [0.25, 0.3) is 6.08 Å². The Kier molecular flexibility index (Phi) is 8.81. The molecule has 0 saturated heterocycles. The number of nitro groups is 1. The molecule has 220 valence electrons. The smallest absolute Gasteiger partial charge is 0.338 e. The number of hydrogen-bond donors (Lipinski definition) is 0. The van der Waals surface area contributed by atoms with E-state index in [0.717, 1.165) is 21.4 Å². The van der Waals surface area contributed by atoms with Crippen molar-refractivity contribution in [1.29, 1.82) is 0 Å². The average Bonchev–Trinajstić information content (AvgIpc) is 3.29. The summed E-state index contributed by atoms with van der Waals surface area (Å²) in [5.74, 6) is 0.303. The van der Waals surface area contributed by atoms with Gasteiger partial charge in [0.2, 0.25) is 0 Å². The minimum absolute atomic E-state index is 0.0113. The van der Waals surface area contributed by atoms with Gasteiger partial charge in [-0.2, -0.15) is 0 Å². The fourth-order valence-electron chi connectivity index (χ4n) is 4.69. The molecule has 10 nitrogen and oxygen atoms in total.